The largest absolute Gasteiger partial charge is 0.360 e. The third kappa shape index (κ3) is 6.31. The van der Waals surface area contributed by atoms with Crippen LogP contribution in [-0.4, -0.2) is 50.0 Å². The molecule has 0 aliphatic carbocycles. The SMILES string of the molecule is CNS(=O)(=O)c1ccc(CCN2CC=C(c3c[nH]c(-c4ccc(F)cc4)c3-c3ccncc3)CC2)cc1C.Cl. The van der Waals surface area contributed by atoms with Gasteiger partial charge >= 0.3 is 0 Å². The summed E-state index contributed by atoms with van der Waals surface area (Å²) in [5.41, 5.74) is 8.40. The highest BCUT2D eigenvalue weighted by molar-refractivity contribution is 7.89. The Morgan fingerprint density at radius 3 is 2.44 bits per heavy atom. The van der Waals surface area contributed by atoms with Gasteiger partial charge in [0.2, 0.25) is 10.0 Å². The lowest BCUT2D eigenvalue weighted by molar-refractivity contribution is 0.306. The fourth-order valence-corrected chi connectivity index (χ4v) is 6.01. The second-order valence-electron chi connectivity index (χ2n) is 9.53. The molecule has 2 N–H and O–H groups in total. The molecule has 204 valence electrons. The highest BCUT2D eigenvalue weighted by atomic mass is 35.5. The summed E-state index contributed by atoms with van der Waals surface area (Å²) in [6.45, 7) is 4.50. The third-order valence-electron chi connectivity index (χ3n) is 7.14. The van der Waals surface area contributed by atoms with Gasteiger partial charge in [-0.05, 0) is 97.1 Å². The Morgan fingerprint density at radius 2 is 1.79 bits per heavy atom. The Kier molecular flexibility index (Phi) is 9.02. The number of benzene rings is 2. The zero-order valence-corrected chi connectivity index (χ0v) is 23.6. The summed E-state index contributed by atoms with van der Waals surface area (Å²) in [5.74, 6) is -0.254. The smallest absolute Gasteiger partial charge is 0.240 e. The number of rotatable bonds is 8. The number of hydrogen-bond acceptors (Lipinski definition) is 4. The average molecular weight is 567 g/mol. The molecule has 0 saturated heterocycles. The molecule has 4 aromatic rings. The molecule has 1 aliphatic rings. The van der Waals surface area contributed by atoms with E-state index in [2.05, 4.69) is 31.9 Å². The Hall–Kier alpha value is -3.30. The number of hydrogen-bond donors (Lipinski definition) is 2. The Balaban J connectivity index is 0.00000353. The Bertz CT molecular complexity index is 1570. The van der Waals surface area contributed by atoms with E-state index in [1.165, 1.54) is 24.8 Å². The molecular weight excluding hydrogens is 535 g/mol. The number of halogens is 2. The fraction of sp³-hybridized carbons (Fsp3) is 0.233. The molecule has 0 amide bonds. The van der Waals surface area contributed by atoms with Crippen molar-refractivity contribution in [1.29, 1.82) is 0 Å². The molecule has 2 aromatic carbocycles. The summed E-state index contributed by atoms with van der Waals surface area (Å²) in [7, 11) is -2.02. The van der Waals surface area contributed by atoms with Gasteiger partial charge in [0, 0.05) is 49.4 Å². The highest BCUT2D eigenvalue weighted by Gasteiger charge is 2.21. The minimum atomic E-state index is -3.45. The van der Waals surface area contributed by atoms with E-state index >= 15 is 0 Å². The molecule has 0 spiro atoms. The average Bonchev–Trinajstić information content (AvgIpc) is 3.38. The van der Waals surface area contributed by atoms with Crippen LogP contribution in [0.5, 0.6) is 0 Å². The van der Waals surface area contributed by atoms with Gasteiger partial charge in [0.05, 0.1) is 10.6 Å². The van der Waals surface area contributed by atoms with Gasteiger partial charge in [-0.1, -0.05) is 18.2 Å². The van der Waals surface area contributed by atoms with E-state index in [4.69, 9.17) is 0 Å². The van der Waals surface area contributed by atoms with Gasteiger partial charge in [0.15, 0.2) is 0 Å². The van der Waals surface area contributed by atoms with Crippen LogP contribution in [0.3, 0.4) is 0 Å². The quantitative estimate of drug-likeness (QED) is 0.280. The maximum absolute atomic E-state index is 13.6. The summed E-state index contributed by atoms with van der Waals surface area (Å²) >= 11 is 0. The van der Waals surface area contributed by atoms with E-state index in [1.54, 1.807) is 30.6 Å². The van der Waals surface area contributed by atoms with Crippen molar-refractivity contribution in [3.63, 3.8) is 0 Å². The first kappa shape index (κ1) is 28.7. The van der Waals surface area contributed by atoms with E-state index in [-0.39, 0.29) is 18.2 Å². The van der Waals surface area contributed by atoms with Crippen molar-refractivity contribution >= 4 is 28.0 Å². The van der Waals surface area contributed by atoms with Crippen molar-refractivity contribution in [3.8, 4) is 22.4 Å². The lowest BCUT2D eigenvalue weighted by Crippen LogP contribution is -2.30. The van der Waals surface area contributed by atoms with Crippen molar-refractivity contribution < 1.29 is 12.8 Å². The second kappa shape index (κ2) is 12.3. The number of aromatic amines is 1. The highest BCUT2D eigenvalue weighted by Crippen LogP contribution is 2.39. The molecular formula is C30H32ClFN4O2S. The number of aromatic nitrogens is 2. The van der Waals surface area contributed by atoms with Crippen molar-refractivity contribution in [1.82, 2.24) is 19.6 Å². The number of pyridine rings is 1. The van der Waals surface area contributed by atoms with Gasteiger partial charge in [0.25, 0.3) is 0 Å². The van der Waals surface area contributed by atoms with Gasteiger partial charge in [-0.25, -0.2) is 17.5 Å². The monoisotopic (exact) mass is 566 g/mol. The third-order valence-corrected chi connectivity index (χ3v) is 8.71. The van der Waals surface area contributed by atoms with E-state index in [1.807, 2.05) is 31.2 Å². The predicted molar refractivity (Wildman–Crippen MR) is 157 cm³/mol. The van der Waals surface area contributed by atoms with Gasteiger partial charge in [0.1, 0.15) is 5.82 Å². The van der Waals surface area contributed by atoms with Crippen LogP contribution >= 0.6 is 12.4 Å². The summed E-state index contributed by atoms with van der Waals surface area (Å²) in [6.07, 6.45) is 9.70. The first-order chi connectivity index (χ1) is 18.4. The van der Waals surface area contributed by atoms with E-state index < -0.39 is 10.0 Å². The molecule has 6 nitrogen and oxygen atoms in total. The fourth-order valence-electron chi connectivity index (χ4n) is 5.06. The van der Waals surface area contributed by atoms with E-state index in [9.17, 15) is 12.8 Å². The molecule has 0 radical (unpaired) electrons. The molecule has 0 saturated carbocycles. The molecule has 3 heterocycles. The number of nitrogens with one attached hydrogen (secondary N) is 2. The van der Waals surface area contributed by atoms with E-state index in [0.29, 0.717) is 4.90 Å². The maximum atomic E-state index is 13.6. The molecule has 2 aromatic heterocycles. The van der Waals surface area contributed by atoms with Crippen LogP contribution in [0.4, 0.5) is 4.39 Å². The van der Waals surface area contributed by atoms with Crippen molar-refractivity contribution in [2.75, 3.05) is 26.7 Å². The molecule has 9 heteroatoms. The van der Waals surface area contributed by atoms with Crippen LogP contribution in [0.2, 0.25) is 0 Å². The van der Waals surface area contributed by atoms with Crippen LogP contribution < -0.4 is 4.72 Å². The molecule has 0 unspecified atom stereocenters. The summed E-state index contributed by atoms with van der Waals surface area (Å²) in [4.78, 5) is 10.4. The van der Waals surface area contributed by atoms with Crippen molar-refractivity contribution in [2.45, 2.75) is 24.7 Å². The molecule has 0 bridgehead atoms. The lowest BCUT2D eigenvalue weighted by Gasteiger charge is -2.26. The topological polar surface area (TPSA) is 78.1 Å². The number of nitrogens with zero attached hydrogens (tertiary/aromatic N) is 2. The minimum absolute atomic E-state index is 0. The van der Waals surface area contributed by atoms with Crippen LogP contribution in [0.15, 0.2) is 84.2 Å². The first-order valence-corrected chi connectivity index (χ1v) is 14.2. The minimum Gasteiger partial charge on any atom is -0.360 e. The molecule has 0 fully saturated rings. The number of aryl methyl sites for hydroxylation is 1. The Labute approximate surface area is 235 Å². The van der Waals surface area contributed by atoms with Gasteiger partial charge in [-0.3, -0.25) is 9.88 Å². The summed E-state index contributed by atoms with van der Waals surface area (Å²) in [6, 6.07) is 16.1. The zero-order valence-electron chi connectivity index (χ0n) is 21.9. The molecule has 39 heavy (non-hydrogen) atoms. The molecule has 0 atom stereocenters. The van der Waals surface area contributed by atoms with E-state index in [0.717, 1.165) is 71.6 Å². The zero-order chi connectivity index (χ0) is 26.7. The predicted octanol–water partition coefficient (Wildman–Crippen LogP) is 5.85. The first-order valence-electron chi connectivity index (χ1n) is 12.7. The molecule has 1 aliphatic heterocycles. The van der Waals surface area contributed by atoms with Crippen molar-refractivity contribution in [3.05, 3.63) is 102 Å². The normalized spacial score (nSPS) is 14.1. The standard InChI is InChI=1S/C30H31FN4O2S.ClH/c1-21-19-22(3-8-28(21)38(36,37)32-2)11-16-35-17-12-23(13-18-35)27-20-34-30(25-4-6-26(31)7-5-25)29(27)24-9-14-33-15-10-24;/h3-10,12,14-15,19-20,32,34H,11,13,16-18H2,1-2H3;1H. The lowest BCUT2D eigenvalue weighted by atomic mass is 9.92. The van der Waals surface area contributed by atoms with Gasteiger partial charge in [-0.2, -0.15) is 0 Å². The number of sulfonamides is 1. The molecule has 5 rings (SSSR count). The van der Waals surface area contributed by atoms with Crippen molar-refractivity contribution in [2.24, 2.45) is 0 Å². The Morgan fingerprint density at radius 1 is 1.05 bits per heavy atom. The second-order valence-corrected chi connectivity index (χ2v) is 11.4. The van der Waals surface area contributed by atoms with Gasteiger partial charge in [-0.15, -0.1) is 12.4 Å². The van der Waals surface area contributed by atoms with Crippen LogP contribution in [0.1, 0.15) is 23.1 Å². The summed E-state index contributed by atoms with van der Waals surface area (Å²) < 4.78 is 40.3. The number of H-pyrrole nitrogens is 1. The maximum Gasteiger partial charge on any atom is 0.240 e. The van der Waals surface area contributed by atoms with Crippen LogP contribution in [0, 0.1) is 12.7 Å². The van der Waals surface area contributed by atoms with Crippen LogP contribution in [-0.2, 0) is 16.4 Å². The van der Waals surface area contributed by atoms with Gasteiger partial charge < -0.3 is 4.98 Å². The summed E-state index contributed by atoms with van der Waals surface area (Å²) in [5, 5.41) is 0. The van der Waals surface area contributed by atoms with Crippen LogP contribution in [0.25, 0.3) is 28.0 Å².